The summed E-state index contributed by atoms with van der Waals surface area (Å²) in [5.74, 6) is -1.42. The molecule has 2 rings (SSSR count). The van der Waals surface area contributed by atoms with Crippen LogP contribution in [0.15, 0.2) is 64.5 Å². The third-order valence-corrected chi connectivity index (χ3v) is 5.68. The van der Waals surface area contributed by atoms with E-state index in [1.54, 1.807) is 12.1 Å². The zero-order chi connectivity index (χ0) is 20.2. The Bertz CT molecular complexity index is 941. The molecule has 0 aliphatic carbocycles. The highest BCUT2D eigenvalue weighted by Gasteiger charge is 2.28. The van der Waals surface area contributed by atoms with Crippen molar-refractivity contribution in [2.24, 2.45) is 0 Å². The number of nitrogens with one attached hydrogen (secondary N) is 1. The largest absolute Gasteiger partial charge is 0.465 e. The van der Waals surface area contributed by atoms with Gasteiger partial charge >= 0.3 is 5.97 Å². The van der Waals surface area contributed by atoms with Gasteiger partial charge in [-0.15, -0.1) is 0 Å². The Morgan fingerprint density at radius 1 is 1.04 bits per heavy atom. The fourth-order valence-electron chi connectivity index (χ4n) is 2.30. The second-order valence-corrected chi connectivity index (χ2v) is 8.85. The summed E-state index contributed by atoms with van der Waals surface area (Å²) in [6.07, 6.45) is 1.05. The molecule has 0 amide bonds. The lowest BCUT2D eigenvalue weighted by Crippen LogP contribution is -2.17. The molecule has 0 saturated carbocycles. The highest BCUT2D eigenvalue weighted by atomic mass is 32.2. The number of hydrogen-bond acceptors (Lipinski definition) is 5. The molecule has 27 heavy (non-hydrogen) atoms. The van der Waals surface area contributed by atoms with Crippen LogP contribution in [0.4, 0.5) is 10.1 Å². The molecule has 0 radical (unpaired) electrons. The summed E-state index contributed by atoms with van der Waals surface area (Å²) >= 11 is 0. The van der Waals surface area contributed by atoms with Gasteiger partial charge in [-0.1, -0.05) is 32.9 Å². The van der Waals surface area contributed by atoms with Crippen molar-refractivity contribution in [3.8, 4) is 0 Å². The summed E-state index contributed by atoms with van der Waals surface area (Å²) in [5.41, 5.74) is 1.26. The van der Waals surface area contributed by atoms with Crippen molar-refractivity contribution in [2.45, 2.75) is 31.1 Å². The highest BCUT2D eigenvalue weighted by Crippen LogP contribution is 2.26. The molecule has 1 N–H and O–H groups in total. The molecule has 0 aliphatic rings. The van der Waals surface area contributed by atoms with E-state index < -0.39 is 26.5 Å². The lowest BCUT2D eigenvalue weighted by atomic mass is 9.87. The second kappa shape index (κ2) is 7.92. The number of carbonyl (C=O) groups excluding carboxylic acids is 1. The van der Waals surface area contributed by atoms with Crippen molar-refractivity contribution in [1.82, 2.24) is 0 Å². The quantitative estimate of drug-likeness (QED) is 0.616. The van der Waals surface area contributed by atoms with E-state index in [0.717, 1.165) is 18.9 Å². The molecule has 0 aromatic heterocycles. The van der Waals surface area contributed by atoms with Crippen LogP contribution in [0, 0.1) is 5.82 Å². The molecule has 0 spiro atoms. The van der Waals surface area contributed by atoms with Crippen molar-refractivity contribution < 1.29 is 22.3 Å². The summed E-state index contributed by atoms with van der Waals surface area (Å²) in [6.45, 7) is 6.05. The van der Waals surface area contributed by atoms with Crippen molar-refractivity contribution in [3.63, 3.8) is 0 Å². The second-order valence-electron chi connectivity index (χ2n) is 6.93. The number of sulfone groups is 1. The third-order valence-electron chi connectivity index (χ3n) is 3.92. The predicted octanol–water partition coefficient (Wildman–Crippen LogP) is 4.02. The summed E-state index contributed by atoms with van der Waals surface area (Å²) in [7, 11) is -3.00. The van der Waals surface area contributed by atoms with E-state index in [4.69, 9.17) is 0 Å². The normalized spacial score (nSPS) is 12.6. The van der Waals surface area contributed by atoms with E-state index >= 15 is 0 Å². The standard InChI is InChI=1S/C20H22FNO4S/c1-20(2,3)14-5-11-17(12-6-14)27(24,25)18(19(23)26-4)13-22-16-9-7-15(21)8-10-16/h5-13,22H,1-4H3. The molecule has 0 atom stereocenters. The molecule has 2 aromatic carbocycles. The van der Waals surface area contributed by atoms with Crippen molar-refractivity contribution in [1.29, 1.82) is 0 Å². The number of rotatable bonds is 5. The fourth-order valence-corrected chi connectivity index (χ4v) is 3.57. The van der Waals surface area contributed by atoms with Gasteiger partial charge in [-0.25, -0.2) is 17.6 Å². The molecular weight excluding hydrogens is 369 g/mol. The van der Waals surface area contributed by atoms with Crippen molar-refractivity contribution >= 4 is 21.5 Å². The van der Waals surface area contributed by atoms with E-state index in [9.17, 15) is 17.6 Å². The van der Waals surface area contributed by atoms with E-state index in [1.807, 2.05) is 20.8 Å². The first-order valence-electron chi connectivity index (χ1n) is 8.22. The van der Waals surface area contributed by atoms with Gasteiger partial charge in [0.05, 0.1) is 12.0 Å². The van der Waals surface area contributed by atoms with E-state index in [-0.39, 0.29) is 10.3 Å². The van der Waals surface area contributed by atoms with E-state index in [2.05, 4.69) is 10.1 Å². The molecule has 7 heteroatoms. The summed E-state index contributed by atoms with van der Waals surface area (Å²) in [5, 5.41) is 2.69. The lowest BCUT2D eigenvalue weighted by molar-refractivity contribution is -0.135. The average Bonchev–Trinajstić information content (AvgIpc) is 2.62. The fraction of sp³-hybridized carbons (Fsp3) is 0.250. The van der Waals surface area contributed by atoms with Crippen LogP contribution in [0.5, 0.6) is 0 Å². The zero-order valence-corrected chi connectivity index (χ0v) is 16.4. The van der Waals surface area contributed by atoms with Gasteiger partial charge < -0.3 is 10.1 Å². The summed E-state index contributed by atoms with van der Waals surface area (Å²) < 4.78 is 43.4. The lowest BCUT2D eigenvalue weighted by Gasteiger charge is -2.19. The van der Waals surface area contributed by atoms with Crippen LogP contribution in [-0.2, 0) is 24.8 Å². The van der Waals surface area contributed by atoms with Gasteiger partial charge in [0.1, 0.15) is 5.82 Å². The Morgan fingerprint density at radius 3 is 2.07 bits per heavy atom. The van der Waals surface area contributed by atoms with Gasteiger partial charge in [-0.3, -0.25) is 0 Å². The number of hydrogen-bond donors (Lipinski definition) is 1. The first-order chi connectivity index (χ1) is 12.6. The molecule has 0 fully saturated rings. The maximum Gasteiger partial charge on any atom is 0.351 e. The number of esters is 1. The molecule has 0 bridgehead atoms. The van der Waals surface area contributed by atoms with Gasteiger partial charge in [0, 0.05) is 11.9 Å². The summed E-state index contributed by atoms with van der Waals surface area (Å²) in [4.78, 5) is 11.5. The number of halogens is 1. The Labute approximate surface area is 158 Å². The molecular formula is C20H22FNO4S. The van der Waals surface area contributed by atoms with E-state index in [1.165, 1.54) is 36.4 Å². The number of carbonyl (C=O) groups is 1. The van der Waals surface area contributed by atoms with Crippen LogP contribution in [0.1, 0.15) is 26.3 Å². The Morgan fingerprint density at radius 2 is 1.59 bits per heavy atom. The molecule has 144 valence electrons. The first kappa shape index (κ1) is 20.6. The zero-order valence-electron chi connectivity index (χ0n) is 15.6. The maximum atomic E-state index is 13.0. The smallest absolute Gasteiger partial charge is 0.351 e. The van der Waals surface area contributed by atoms with Crippen LogP contribution >= 0.6 is 0 Å². The number of ether oxygens (including phenoxy) is 1. The topological polar surface area (TPSA) is 72.5 Å². The molecule has 2 aromatic rings. The molecule has 0 saturated heterocycles. The average molecular weight is 391 g/mol. The van der Waals surface area contributed by atoms with Gasteiger partial charge in [0.2, 0.25) is 9.84 Å². The minimum absolute atomic E-state index is 0.0203. The monoisotopic (exact) mass is 391 g/mol. The molecule has 0 aliphatic heterocycles. The molecule has 0 heterocycles. The van der Waals surface area contributed by atoms with Gasteiger partial charge in [-0.2, -0.15) is 0 Å². The summed E-state index contributed by atoms with van der Waals surface area (Å²) in [6, 6.07) is 11.6. The van der Waals surface area contributed by atoms with Crippen molar-refractivity contribution in [2.75, 3.05) is 12.4 Å². The van der Waals surface area contributed by atoms with Crippen LogP contribution in [0.2, 0.25) is 0 Å². The third kappa shape index (κ3) is 4.95. The van der Waals surface area contributed by atoms with Crippen LogP contribution in [0.25, 0.3) is 0 Å². The van der Waals surface area contributed by atoms with E-state index in [0.29, 0.717) is 5.69 Å². The van der Waals surface area contributed by atoms with Crippen molar-refractivity contribution in [3.05, 3.63) is 71.0 Å². The number of methoxy groups -OCH3 is 1. The van der Waals surface area contributed by atoms with Gasteiger partial charge in [-0.05, 0) is 47.4 Å². The van der Waals surface area contributed by atoms with Crippen LogP contribution in [-0.4, -0.2) is 21.5 Å². The highest BCUT2D eigenvalue weighted by molar-refractivity contribution is 7.96. The van der Waals surface area contributed by atoms with Crippen LogP contribution < -0.4 is 5.32 Å². The minimum Gasteiger partial charge on any atom is -0.465 e. The Kier molecular flexibility index (Phi) is 6.05. The molecule has 5 nitrogen and oxygen atoms in total. The van der Waals surface area contributed by atoms with Gasteiger partial charge in [0.15, 0.2) is 4.91 Å². The Hall–Kier alpha value is -2.67. The maximum absolute atomic E-state index is 13.0. The van der Waals surface area contributed by atoms with Gasteiger partial charge in [0.25, 0.3) is 0 Å². The molecule has 0 unspecified atom stereocenters. The predicted molar refractivity (Wildman–Crippen MR) is 102 cm³/mol. The SMILES string of the molecule is COC(=O)C(=CNc1ccc(F)cc1)S(=O)(=O)c1ccc(C(C)(C)C)cc1. The van der Waals surface area contributed by atoms with Crippen LogP contribution in [0.3, 0.4) is 0 Å². The number of benzene rings is 2. The minimum atomic E-state index is -4.10. The number of anilines is 1. The Balaban J connectivity index is 2.40. The first-order valence-corrected chi connectivity index (χ1v) is 9.70.